The van der Waals surface area contributed by atoms with Gasteiger partial charge in [0.05, 0.1) is 18.6 Å². The number of hydrogen-bond acceptors (Lipinski definition) is 4. The number of fused-ring (bicyclic) bond motifs is 1. The second-order valence-corrected chi connectivity index (χ2v) is 8.02. The fourth-order valence-electron chi connectivity index (χ4n) is 4.14. The van der Waals surface area contributed by atoms with Gasteiger partial charge in [-0.2, -0.15) is 0 Å². The summed E-state index contributed by atoms with van der Waals surface area (Å²) in [5, 5.41) is 16.2. The maximum absolute atomic E-state index is 13.1. The second-order valence-electron chi connectivity index (χ2n) is 7.08. The molecule has 1 amide bonds. The van der Waals surface area contributed by atoms with Crippen molar-refractivity contribution in [2.75, 3.05) is 13.2 Å². The molecule has 25 heavy (non-hydrogen) atoms. The molecule has 1 atom stereocenters. The van der Waals surface area contributed by atoms with Crippen LogP contribution in [0.3, 0.4) is 0 Å². The van der Waals surface area contributed by atoms with Gasteiger partial charge in [0.1, 0.15) is 11.4 Å². The lowest BCUT2D eigenvalue weighted by Gasteiger charge is -2.36. The summed E-state index contributed by atoms with van der Waals surface area (Å²) in [6.45, 7) is 0.679. The minimum Gasteiger partial charge on any atom is -0.493 e. The fourth-order valence-corrected chi connectivity index (χ4v) is 5.12. The SMILES string of the molecule is O=C(NC[C@]1(O)CCOc2ccccc21)C1(c2cccs2)CCCC1. The zero-order valence-electron chi connectivity index (χ0n) is 14.2. The number of aliphatic hydroxyl groups is 1. The van der Waals surface area contributed by atoms with E-state index in [-0.39, 0.29) is 12.5 Å². The van der Waals surface area contributed by atoms with Crippen molar-refractivity contribution in [1.29, 1.82) is 0 Å². The van der Waals surface area contributed by atoms with E-state index in [0.717, 1.165) is 36.1 Å². The first-order valence-electron chi connectivity index (χ1n) is 8.91. The normalized spacial score (nSPS) is 24.4. The van der Waals surface area contributed by atoms with E-state index >= 15 is 0 Å². The average molecular weight is 357 g/mol. The zero-order chi connectivity index (χ0) is 17.3. The van der Waals surface area contributed by atoms with Gasteiger partial charge in [-0.3, -0.25) is 4.79 Å². The predicted molar refractivity (Wildman–Crippen MR) is 97.9 cm³/mol. The Morgan fingerprint density at radius 2 is 1.96 bits per heavy atom. The Labute approximate surface area is 151 Å². The molecule has 4 nitrogen and oxygen atoms in total. The molecule has 0 radical (unpaired) electrons. The van der Waals surface area contributed by atoms with Crippen molar-refractivity contribution in [2.45, 2.75) is 43.1 Å². The molecule has 0 unspecified atom stereocenters. The van der Waals surface area contributed by atoms with Crippen LogP contribution < -0.4 is 10.1 Å². The van der Waals surface area contributed by atoms with Crippen LogP contribution in [0.15, 0.2) is 41.8 Å². The minimum atomic E-state index is -1.07. The van der Waals surface area contributed by atoms with Gasteiger partial charge in [-0.15, -0.1) is 11.3 Å². The highest BCUT2D eigenvalue weighted by molar-refractivity contribution is 7.10. The lowest BCUT2D eigenvalue weighted by Crippen LogP contribution is -2.49. The van der Waals surface area contributed by atoms with Crippen LogP contribution in [0.5, 0.6) is 5.75 Å². The van der Waals surface area contributed by atoms with E-state index in [9.17, 15) is 9.90 Å². The summed E-state index contributed by atoms with van der Waals surface area (Å²) in [4.78, 5) is 14.3. The van der Waals surface area contributed by atoms with Gasteiger partial charge in [-0.05, 0) is 30.4 Å². The lowest BCUT2D eigenvalue weighted by atomic mass is 9.82. The maximum atomic E-state index is 13.1. The van der Waals surface area contributed by atoms with Crippen molar-refractivity contribution >= 4 is 17.2 Å². The molecule has 1 aromatic heterocycles. The topological polar surface area (TPSA) is 58.6 Å². The highest BCUT2D eigenvalue weighted by Crippen LogP contribution is 2.44. The van der Waals surface area contributed by atoms with E-state index in [0.29, 0.717) is 18.8 Å². The van der Waals surface area contributed by atoms with Crippen LogP contribution in [0.4, 0.5) is 0 Å². The van der Waals surface area contributed by atoms with Crippen LogP contribution in [0.1, 0.15) is 42.5 Å². The Balaban J connectivity index is 1.54. The van der Waals surface area contributed by atoms with Crippen LogP contribution in [0.25, 0.3) is 0 Å². The lowest BCUT2D eigenvalue weighted by molar-refractivity contribution is -0.128. The molecule has 1 aromatic carbocycles. The Morgan fingerprint density at radius 3 is 2.72 bits per heavy atom. The van der Waals surface area contributed by atoms with Gasteiger partial charge < -0.3 is 15.2 Å². The number of nitrogens with one attached hydrogen (secondary N) is 1. The summed E-state index contributed by atoms with van der Waals surface area (Å²) >= 11 is 1.65. The molecule has 5 heteroatoms. The number of benzene rings is 1. The minimum absolute atomic E-state index is 0.0462. The molecule has 0 spiro atoms. The number of hydrogen-bond donors (Lipinski definition) is 2. The molecule has 1 saturated carbocycles. The van der Waals surface area contributed by atoms with E-state index in [1.807, 2.05) is 35.7 Å². The number of ether oxygens (including phenoxy) is 1. The van der Waals surface area contributed by atoms with Crippen molar-refractivity contribution in [3.05, 3.63) is 52.2 Å². The number of carbonyl (C=O) groups is 1. The molecule has 132 valence electrons. The molecule has 0 saturated heterocycles. The Kier molecular flexibility index (Phi) is 4.29. The largest absolute Gasteiger partial charge is 0.493 e. The average Bonchev–Trinajstić information content (AvgIpc) is 3.32. The van der Waals surface area contributed by atoms with Gasteiger partial charge in [0.15, 0.2) is 0 Å². The molecule has 1 aliphatic carbocycles. The van der Waals surface area contributed by atoms with E-state index < -0.39 is 11.0 Å². The second kappa shape index (κ2) is 6.46. The highest BCUT2D eigenvalue weighted by atomic mass is 32.1. The van der Waals surface area contributed by atoms with Crippen LogP contribution in [-0.4, -0.2) is 24.2 Å². The third-order valence-corrected chi connectivity index (χ3v) is 6.66. The molecular weight excluding hydrogens is 334 g/mol. The monoisotopic (exact) mass is 357 g/mol. The van der Waals surface area contributed by atoms with Crippen LogP contribution >= 0.6 is 11.3 Å². The molecule has 2 N–H and O–H groups in total. The molecule has 2 aromatic rings. The van der Waals surface area contributed by atoms with Crippen molar-refractivity contribution in [3.8, 4) is 5.75 Å². The standard InChI is InChI=1S/C20H23NO3S/c22-18(19(9-3-4-10-19)17-8-5-13-25-17)21-14-20(23)11-12-24-16-7-2-1-6-15(16)20/h1-2,5-8,13,23H,3-4,9-12,14H2,(H,21,22)/t20-/m1/s1. The number of amides is 1. The van der Waals surface area contributed by atoms with Crippen LogP contribution in [0.2, 0.25) is 0 Å². The predicted octanol–water partition coefficient (Wildman–Crippen LogP) is 3.35. The van der Waals surface area contributed by atoms with E-state index in [2.05, 4.69) is 11.4 Å². The first-order valence-corrected chi connectivity index (χ1v) is 9.79. The van der Waals surface area contributed by atoms with Gasteiger partial charge >= 0.3 is 0 Å². The van der Waals surface area contributed by atoms with E-state index in [1.165, 1.54) is 0 Å². The molecule has 2 aliphatic rings. The highest BCUT2D eigenvalue weighted by Gasteiger charge is 2.45. The van der Waals surface area contributed by atoms with Crippen LogP contribution in [-0.2, 0) is 15.8 Å². The summed E-state index contributed by atoms with van der Waals surface area (Å²) in [6, 6.07) is 11.6. The fraction of sp³-hybridized carbons (Fsp3) is 0.450. The number of thiophene rings is 1. The summed E-state index contributed by atoms with van der Waals surface area (Å²) in [5.41, 5.74) is -0.729. The van der Waals surface area contributed by atoms with Crippen molar-refractivity contribution < 1.29 is 14.6 Å². The molecule has 0 bridgehead atoms. The first-order chi connectivity index (χ1) is 12.1. The Hall–Kier alpha value is -1.85. The summed E-state index contributed by atoms with van der Waals surface area (Å²) in [5.74, 6) is 0.754. The number of para-hydroxylation sites is 1. The van der Waals surface area contributed by atoms with Crippen molar-refractivity contribution in [3.63, 3.8) is 0 Å². The van der Waals surface area contributed by atoms with E-state index in [1.54, 1.807) is 11.3 Å². The molecular formula is C20H23NO3S. The molecule has 2 heterocycles. The van der Waals surface area contributed by atoms with E-state index in [4.69, 9.17) is 4.74 Å². The zero-order valence-corrected chi connectivity index (χ0v) is 15.0. The summed E-state index contributed by atoms with van der Waals surface area (Å²) in [6.07, 6.45) is 4.41. The Bertz CT molecular complexity index is 752. The van der Waals surface area contributed by atoms with Gasteiger partial charge in [-0.25, -0.2) is 0 Å². The maximum Gasteiger partial charge on any atom is 0.231 e. The van der Waals surface area contributed by atoms with Gasteiger partial charge in [-0.1, -0.05) is 37.1 Å². The molecule has 1 aliphatic heterocycles. The summed E-state index contributed by atoms with van der Waals surface area (Å²) in [7, 11) is 0. The van der Waals surface area contributed by atoms with Crippen LogP contribution in [0, 0.1) is 0 Å². The third-order valence-electron chi connectivity index (χ3n) is 5.59. The summed E-state index contributed by atoms with van der Waals surface area (Å²) < 4.78 is 5.63. The number of carbonyl (C=O) groups excluding carboxylic acids is 1. The molecule has 1 fully saturated rings. The molecule has 4 rings (SSSR count). The smallest absolute Gasteiger partial charge is 0.231 e. The Morgan fingerprint density at radius 1 is 1.16 bits per heavy atom. The van der Waals surface area contributed by atoms with Gasteiger partial charge in [0.25, 0.3) is 0 Å². The van der Waals surface area contributed by atoms with Gasteiger partial charge in [0.2, 0.25) is 5.91 Å². The third kappa shape index (κ3) is 2.85. The number of rotatable bonds is 4. The van der Waals surface area contributed by atoms with Crippen molar-refractivity contribution in [2.24, 2.45) is 0 Å². The van der Waals surface area contributed by atoms with Gasteiger partial charge in [0, 0.05) is 16.9 Å². The van der Waals surface area contributed by atoms with Crippen molar-refractivity contribution in [1.82, 2.24) is 5.32 Å². The quantitative estimate of drug-likeness (QED) is 0.882. The first kappa shape index (κ1) is 16.6.